The summed E-state index contributed by atoms with van der Waals surface area (Å²) >= 11 is 0. The van der Waals surface area contributed by atoms with Crippen molar-refractivity contribution >= 4 is 40.1 Å². The number of aromatic nitrogens is 2. The van der Waals surface area contributed by atoms with Gasteiger partial charge in [0.15, 0.2) is 0 Å². The number of benzene rings is 1. The third-order valence-corrected chi connectivity index (χ3v) is 4.61. The van der Waals surface area contributed by atoms with E-state index in [0.29, 0.717) is 11.4 Å². The van der Waals surface area contributed by atoms with E-state index in [4.69, 9.17) is 4.98 Å². The Morgan fingerprint density at radius 1 is 1.23 bits per heavy atom. The maximum absolute atomic E-state index is 12.8. The topological polar surface area (TPSA) is 70.5 Å². The number of nitrogens with one attached hydrogen (secondary N) is 1. The Morgan fingerprint density at radius 2 is 2.03 bits per heavy atom. The van der Waals surface area contributed by atoms with Crippen molar-refractivity contribution in [2.24, 2.45) is 4.99 Å². The van der Waals surface area contributed by atoms with Gasteiger partial charge in [-0.05, 0) is 43.2 Å². The first-order valence-electron chi connectivity index (χ1n) is 10.1. The van der Waals surface area contributed by atoms with Crippen molar-refractivity contribution in [1.29, 1.82) is 0 Å². The minimum atomic E-state index is -0.241. The number of fused-ring (bicyclic) bond motifs is 1. The van der Waals surface area contributed by atoms with Gasteiger partial charge in [0.2, 0.25) is 0 Å². The molecule has 2 aromatic heterocycles. The smallest absolute Gasteiger partial charge is 0.256 e. The van der Waals surface area contributed by atoms with Gasteiger partial charge in [0.25, 0.3) is 5.91 Å². The van der Waals surface area contributed by atoms with Crippen LogP contribution in [0.3, 0.4) is 0 Å². The van der Waals surface area contributed by atoms with Gasteiger partial charge >= 0.3 is 0 Å². The lowest BCUT2D eigenvalue weighted by Crippen LogP contribution is -2.13. The Bertz CT molecular complexity index is 1180. The molecule has 0 spiro atoms. The molecule has 0 unspecified atom stereocenters. The van der Waals surface area contributed by atoms with E-state index in [1.807, 2.05) is 63.5 Å². The zero-order valence-corrected chi connectivity index (χ0v) is 18.4. The van der Waals surface area contributed by atoms with Crippen LogP contribution in [0.5, 0.6) is 0 Å². The number of amides is 1. The molecule has 0 fully saturated rings. The number of hydrogen-bond donors (Lipinski definition) is 1. The van der Waals surface area contributed by atoms with Crippen LogP contribution in [0.25, 0.3) is 16.5 Å². The summed E-state index contributed by atoms with van der Waals surface area (Å²) in [5, 5.41) is 3.75. The number of aliphatic imine (C=N–C) groups is 1. The average Bonchev–Trinajstić information content (AvgIpc) is 2.76. The van der Waals surface area contributed by atoms with E-state index in [1.165, 1.54) is 0 Å². The van der Waals surface area contributed by atoms with Gasteiger partial charge in [-0.25, -0.2) is 9.97 Å². The molecule has 2 heterocycles. The van der Waals surface area contributed by atoms with Gasteiger partial charge in [0.1, 0.15) is 5.82 Å². The predicted molar refractivity (Wildman–Crippen MR) is 129 cm³/mol. The molecule has 0 saturated carbocycles. The molecule has 0 saturated heterocycles. The molecule has 1 amide bonds. The largest absolute Gasteiger partial charge is 0.383 e. The molecule has 1 aromatic carbocycles. The Kier molecular flexibility index (Phi) is 6.92. The number of rotatable bonds is 7. The quantitative estimate of drug-likeness (QED) is 0.416. The van der Waals surface area contributed by atoms with Crippen LogP contribution in [0.2, 0.25) is 0 Å². The molecule has 1 N–H and O–H groups in total. The van der Waals surface area contributed by atoms with Crippen LogP contribution in [0.4, 0.5) is 11.5 Å². The van der Waals surface area contributed by atoms with Crippen molar-refractivity contribution in [2.45, 2.75) is 20.3 Å². The lowest BCUT2D eigenvalue weighted by atomic mass is 10.1. The fraction of sp³-hybridized carbons (Fsp3) is 0.200. The van der Waals surface area contributed by atoms with Gasteiger partial charge in [-0.15, -0.1) is 0 Å². The first-order chi connectivity index (χ1) is 14.9. The summed E-state index contributed by atoms with van der Waals surface area (Å²) in [6.07, 6.45) is 8.11. The van der Waals surface area contributed by atoms with Gasteiger partial charge < -0.3 is 10.2 Å². The summed E-state index contributed by atoms with van der Waals surface area (Å²) in [7, 11) is 3.90. The number of nitrogens with zero attached hydrogens (tertiary/aromatic N) is 4. The highest BCUT2D eigenvalue weighted by Crippen LogP contribution is 2.22. The minimum Gasteiger partial charge on any atom is -0.383 e. The second-order valence-corrected chi connectivity index (χ2v) is 7.39. The standard InChI is InChI=1S/C25H27N5O/c1-6-12-26-22-13-19(9-8-17(22)3)25(31)29-24-14-23-20(15-27-24)10-11-21(28-23)18(7-2)16-30(4)5/h7-16H,2,6H2,1,3-5H3,(H,27,29,31)/b18-16+,26-12?. The van der Waals surface area contributed by atoms with Crippen LogP contribution >= 0.6 is 0 Å². The number of hydrogen-bond acceptors (Lipinski definition) is 5. The number of carbonyl (C=O) groups excluding carboxylic acids is 1. The molecular formula is C25H27N5O. The van der Waals surface area contributed by atoms with Crippen LogP contribution in [-0.4, -0.2) is 41.1 Å². The molecule has 3 rings (SSSR count). The fourth-order valence-electron chi connectivity index (χ4n) is 3.01. The van der Waals surface area contributed by atoms with Crippen molar-refractivity contribution < 1.29 is 4.79 Å². The average molecular weight is 414 g/mol. The number of carbonyl (C=O) groups is 1. The molecule has 0 aliphatic heterocycles. The zero-order valence-electron chi connectivity index (χ0n) is 18.4. The van der Waals surface area contributed by atoms with Crippen molar-refractivity contribution in [3.05, 3.63) is 78.3 Å². The summed E-state index contributed by atoms with van der Waals surface area (Å²) in [5.74, 6) is 0.202. The molecule has 0 atom stereocenters. The van der Waals surface area contributed by atoms with E-state index in [1.54, 1.807) is 30.5 Å². The molecular weight excluding hydrogens is 386 g/mol. The summed E-state index contributed by atoms with van der Waals surface area (Å²) in [6, 6.07) is 11.1. The van der Waals surface area contributed by atoms with Crippen LogP contribution in [0, 0.1) is 6.92 Å². The SMILES string of the molecule is C=C/C(=C\N(C)C)c1ccc2cnc(NC(=O)c3ccc(C)c(N=CCC)c3)cc2n1. The molecule has 31 heavy (non-hydrogen) atoms. The lowest BCUT2D eigenvalue weighted by Gasteiger charge is -2.10. The van der Waals surface area contributed by atoms with Gasteiger partial charge in [-0.2, -0.15) is 0 Å². The maximum Gasteiger partial charge on any atom is 0.256 e. The maximum atomic E-state index is 12.8. The summed E-state index contributed by atoms with van der Waals surface area (Å²) in [4.78, 5) is 28.2. The zero-order chi connectivity index (χ0) is 22.4. The second-order valence-electron chi connectivity index (χ2n) is 7.39. The number of anilines is 1. The van der Waals surface area contributed by atoms with E-state index in [-0.39, 0.29) is 5.91 Å². The van der Waals surface area contributed by atoms with Crippen molar-refractivity contribution in [1.82, 2.24) is 14.9 Å². The van der Waals surface area contributed by atoms with E-state index in [2.05, 4.69) is 21.9 Å². The van der Waals surface area contributed by atoms with E-state index in [0.717, 1.165) is 39.8 Å². The number of aryl methyl sites for hydroxylation is 1. The van der Waals surface area contributed by atoms with E-state index < -0.39 is 0 Å². The molecule has 0 radical (unpaired) electrons. The molecule has 0 bridgehead atoms. The third kappa shape index (κ3) is 5.42. The Morgan fingerprint density at radius 3 is 2.74 bits per heavy atom. The summed E-state index contributed by atoms with van der Waals surface area (Å²) in [5.41, 5.74) is 4.79. The van der Waals surface area contributed by atoms with Gasteiger partial charge in [0.05, 0.1) is 16.9 Å². The highest BCUT2D eigenvalue weighted by atomic mass is 16.1. The minimum absolute atomic E-state index is 0.241. The molecule has 0 aliphatic carbocycles. The number of pyridine rings is 2. The normalized spacial score (nSPS) is 11.7. The van der Waals surface area contributed by atoms with Crippen molar-refractivity contribution in [3.63, 3.8) is 0 Å². The van der Waals surface area contributed by atoms with Crippen LogP contribution in [0.1, 0.15) is 35.0 Å². The highest BCUT2D eigenvalue weighted by molar-refractivity contribution is 6.05. The van der Waals surface area contributed by atoms with Crippen molar-refractivity contribution in [3.8, 4) is 0 Å². The lowest BCUT2D eigenvalue weighted by molar-refractivity contribution is 0.102. The van der Waals surface area contributed by atoms with Crippen molar-refractivity contribution in [2.75, 3.05) is 19.4 Å². The molecule has 0 aliphatic rings. The molecule has 3 aromatic rings. The number of allylic oxidation sites excluding steroid dienone is 2. The molecule has 6 nitrogen and oxygen atoms in total. The van der Waals surface area contributed by atoms with E-state index in [9.17, 15) is 4.79 Å². The van der Waals surface area contributed by atoms with Crippen LogP contribution in [0.15, 0.2) is 66.4 Å². The monoisotopic (exact) mass is 413 g/mol. The predicted octanol–water partition coefficient (Wildman–Crippen LogP) is 5.39. The Balaban J connectivity index is 1.89. The van der Waals surface area contributed by atoms with E-state index >= 15 is 0 Å². The first kappa shape index (κ1) is 21.9. The third-order valence-electron chi connectivity index (χ3n) is 4.61. The fourth-order valence-corrected chi connectivity index (χ4v) is 3.01. The summed E-state index contributed by atoms with van der Waals surface area (Å²) < 4.78 is 0. The van der Waals surface area contributed by atoms with Gasteiger partial charge in [-0.3, -0.25) is 9.79 Å². The van der Waals surface area contributed by atoms with Crippen LogP contribution in [-0.2, 0) is 0 Å². The second kappa shape index (κ2) is 9.80. The molecule has 158 valence electrons. The first-order valence-corrected chi connectivity index (χ1v) is 10.1. The van der Waals surface area contributed by atoms with Gasteiger partial charge in [-0.1, -0.05) is 25.6 Å². The van der Waals surface area contributed by atoms with Crippen LogP contribution < -0.4 is 5.32 Å². The Labute approximate surface area is 183 Å². The highest BCUT2D eigenvalue weighted by Gasteiger charge is 2.10. The molecule has 6 heteroatoms. The summed E-state index contributed by atoms with van der Waals surface area (Å²) in [6.45, 7) is 7.87. The van der Waals surface area contributed by atoms with Gasteiger partial charge in [0, 0.05) is 55.3 Å². The Hall–Kier alpha value is -3.80.